The summed E-state index contributed by atoms with van der Waals surface area (Å²) < 4.78 is 41.0. The number of aryl methyl sites for hydroxylation is 1. The third kappa shape index (κ3) is 9.07. The van der Waals surface area contributed by atoms with Gasteiger partial charge in [-0.3, -0.25) is 0 Å². The summed E-state index contributed by atoms with van der Waals surface area (Å²) in [4.78, 5) is 12.5. The van der Waals surface area contributed by atoms with Crippen LogP contribution in [0.3, 0.4) is 0 Å². The van der Waals surface area contributed by atoms with E-state index in [1.807, 2.05) is 6.92 Å². The van der Waals surface area contributed by atoms with E-state index < -0.39 is 124 Å². The first-order valence-corrected chi connectivity index (χ1v) is 16.8. The van der Waals surface area contributed by atoms with Crippen molar-refractivity contribution in [1.29, 1.82) is 0 Å². The molecule has 0 aromatic heterocycles. The SMILES string of the molecule is Cc1ccc(O[C@@H]2OC(CO)[C@H](O[C@@H]3OC(CO)[C@H](O)C(O[C@@H]4OC(CO)[C@H](O)C(O)C4O)C3N)C(O[C@@H](Cc3ccccc3)C(=O)O)C2O)cc1. The number of carboxylic acid groups (broad SMARTS) is 1. The molecule has 11 N–H and O–H groups in total. The lowest BCUT2D eigenvalue weighted by atomic mass is 9.94. The number of aliphatic hydroxyl groups is 8. The van der Waals surface area contributed by atoms with E-state index in [0.717, 1.165) is 5.56 Å². The van der Waals surface area contributed by atoms with Crippen LogP contribution < -0.4 is 10.5 Å². The molecule has 18 nitrogen and oxygen atoms in total. The Morgan fingerprint density at radius 1 is 0.692 bits per heavy atom. The van der Waals surface area contributed by atoms with E-state index >= 15 is 0 Å². The molecule has 3 fully saturated rings. The lowest BCUT2D eigenvalue weighted by molar-refractivity contribution is -0.363. The molecule has 0 radical (unpaired) electrons. The fourth-order valence-electron chi connectivity index (χ4n) is 6.29. The number of benzene rings is 2. The highest BCUT2D eigenvalue weighted by molar-refractivity contribution is 5.72. The smallest absolute Gasteiger partial charge is 0.333 e. The molecule has 0 amide bonds. The summed E-state index contributed by atoms with van der Waals surface area (Å²) in [5.41, 5.74) is 7.99. The second kappa shape index (κ2) is 18.0. The van der Waals surface area contributed by atoms with Crippen LogP contribution in [0.25, 0.3) is 0 Å². The van der Waals surface area contributed by atoms with E-state index in [0.29, 0.717) is 5.56 Å². The number of rotatable bonds is 14. The van der Waals surface area contributed by atoms with Crippen LogP contribution >= 0.6 is 0 Å². The third-order valence-corrected chi connectivity index (χ3v) is 9.26. The van der Waals surface area contributed by atoms with Crippen LogP contribution in [0.2, 0.25) is 0 Å². The fraction of sp³-hybridized carbons (Fsp3) is 0.618. The summed E-state index contributed by atoms with van der Waals surface area (Å²) in [7, 11) is 0. The molecule has 52 heavy (non-hydrogen) atoms. The minimum absolute atomic E-state index is 0.131. The summed E-state index contributed by atoms with van der Waals surface area (Å²) in [5, 5.41) is 94.0. The summed E-state index contributed by atoms with van der Waals surface area (Å²) in [6.45, 7) is -0.470. The minimum atomic E-state index is -1.87. The predicted molar refractivity (Wildman–Crippen MR) is 173 cm³/mol. The van der Waals surface area contributed by atoms with Crippen molar-refractivity contribution in [3.8, 4) is 5.75 Å². The van der Waals surface area contributed by atoms with Crippen molar-refractivity contribution in [3.05, 3.63) is 65.7 Å². The molecule has 0 spiro atoms. The first-order valence-electron chi connectivity index (χ1n) is 16.8. The van der Waals surface area contributed by atoms with Gasteiger partial charge in [-0.25, -0.2) is 4.79 Å². The Balaban J connectivity index is 1.43. The lowest BCUT2D eigenvalue weighted by Crippen LogP contribution is -2.69. The standard InChI is InChI=1S/C34H47NO17/c1-15-7-9-17(10-8-15)46-34-27(43)30(47-18(31(44)45)11-16-5-3-2-4-6-16)28(21(14-38)50-34)51-32-22(35)29(24(40)20(13-37)48-32)52-33-26(42)25(41)23(39)19(12-36)49-33/h2-10,18-30,32-34,36-43H,11-14,35H2,1H3,(H,44,45)/t18-,19?,20?,21?,22?,23-,24-,25?,26?,27?,28-,29?,30?,32-,33-,34+/m0/s1. The third-order valence-electron chi connectivity index (χ3n) is 9.26. The van der Waals surface area contributed by atoms with Gasteiger partial charge in [-0.1, -0.05) is 48.0 Å². The van der Waals surface area contributed by atoms with Gasteiger partial charge in [-0.2, -0.15) is 0 Å². The topological polar surface area (TPSA) is 290 Å². The Kier molecular flexibility index (Phi) is 13.9. The largest absolute Gasteiger partial charge is 0.479 e. The lowest BCUT2D eigenvalue weighted by Gasteiger charge is -2.49. The Bertz CT molecular complexity index is 1400. The second-order valence-corrected chi connectivity index (χ2v) is 13.0. The number of aliphatic hydroxyl groups excluding tert-OH is 8. The van der Waals surface area contributed by atoms with E-state index in [4.69, 9.17) is 38.9 Å². The molecule has 2 aromatic rings. The molecule has 3 heterocycles. The second-order valence-electron chi connectivity index (χ2n) is 13.0. The molecular weight excluding hydrogens is 694 g/mol. The van der Waals surface area contributed by atoms with Gasteiger partial charge in [0, 0.05) is 6.42 Å². The quantitative estimate of drug-likeness (QED) is 0.0899. The molecule has 5 rings (SSSR count). The van der Waals surface area contributed by atoms with Gasteiger partial charge in [0.15, 0.2) is 18.7 Å². The van der Waals surface area contributed by atoms with Crippen molar-refractivity contribution in [2.24, 2.45) is 5.73 Å². The van der Waals surface area contributed by atoms with Gasteiger partial charge in [0.05, 0.1) is 25.9 Å². The average molecular weight is 742 g/mol. The number of hydrogen-bond acceptors (Lipinski definition) is 17. The Morgan fingerprint density at radius 2 is 1.27 bits per heavy atom. The average Bonchev–Trinajstić information content (AvgIpc) is 3.14. The Hall–Kier alpha value is -2.89. The van der Waals surface area contributed by atoms with Crippen molar-refractivity contribution >= 4 is 5.97 Å². The predicted octanol–water partition coefficient (Wildman–Crippen LogP) is -3.49. The Morgan fingerprint density at radius 3 is 1.88 bits per heavy atom. The minimum Gasteiger partial charge on any atom is -0.479 e. The molecule has 290 valence electrons. The van der Waals surface area contributed by atoms with Crippen molar-refractivity contribution in [2.45, 2.75) is 112 Å². The van der Waals surface area contributed by atoms with Crippen LogP contribution in [0.5, 0.6) is 5.75 Å². The number of carboxylic acids is 1. The Labute approximate surface area is 298 Å². The number of carbonyl (C=O) groups is 1. The molecular formula is C34H47NO17. The van der Waals surface area contributed by atoms with Crippen molar-refractivity contribution in [1.82, 2.24) is 0 Å². The molecule has 0 aliphatic carbocycles. The summed E-state index contributed by atoms with van der Waals surface area (Å²) >= 11 is 0. The van der Waals surface area contributed by atoms with Gasteiger partial charge < -0.3 is 84.9 Å². The molecule has 3 aliphatic heterocycles. The van der Waals surface area contributed by atoms with Crippen molar-refractivity contribution in [3.63, 3.8) is 0 Å². The molecule has 0 bridgehead atoms. The van der Waals surface area contributed by atoms with Gasteiger partial charge in [-0.05, 0) is 24.6 Å². The molecule has 18 heteroatoms. The van der Waals surface area contributed by atoms with Crippen molar-refractivity contribution < 1.29 is 83.9 Å². The van der Waals surface area contributed by atoms with E-state index in [1.165, 1.54) is 0 Å². The summed E-state index contributed by atoms with van der Waals surface area (Å²) in [6, 6.07) is 13.8. The van der Waals surface area contributed by atoms with Gasteiger partial charge >= 0.3 is 5.97 Å². The first kappa shape index (κ1) is 40.3. The normalized spacial score (nSPS) is 38.8. The zero-order valence-electron chi connectivity index (χ0n) is 28.1. The van der Waals surface area contributed by atoms with E-state index in [9.17, 15) is 50.8 Å². The van der Waals surface area contributed by atoms with Crippen LogP contribution in [0.15, 0.2) is 54.6 Å². The highest BCUT2D eigenvalue weighted by atomic mass is 16.8. The van der Waals surface area contributed by atoms with Crippen LogP contribution in [0.4, 0.5) is 0 Å². The maximum absolute atomic E-state index is 12.5. The van der Waals surface area contributed by atoms with Gasteiger partial charge in [0.2, 0.25) is 6.29 Å². The first-order chi connectivity index (χ1) is 24.9. The maximum atomic E-state index is 12.5. The number of aliphatic carboxylic acids is 1. The highest BCUT2D eigenvalue weighted by Gasteiger charge is 2.54. The van der Waals surface area contributed by atoms with Gasteiger partial charge in [0.1, 0.15) is 72.9 Å². The summed E-state index contributed by atoms with van der Waals surface area (Å²) in [6.07, 6.45) is -24.2. The van der Waals surface area contributed by atoms with Gasteiger partial charge in [-0.15, -0.1) is 0 Å². The highest BCUT2D eigenvalue weighted by Crippen LogP contribution is 2.34. The van der Waals surface area contributed by atoms with Crippen molar-refractivity contribution in [2.75, 3.05) is 19.8 Å². The summed E-state index contributed by atoms with van der Waals surface area (Å²) in [5.74, 6) is -1.09. The van der Waals surface area contributed by atoms with Crippen LogP contribution in [-0.4, -0.2) is 170 Å². The zero-order chi connectivity index (χ0) is 37.7. The fourth-order valence-corrected chi connectivity index (χ4v) is 6.29. The number of hydrogen-bond donors (Lipinski definition) is 10. The van der Waals surface area contributed by atoms with E-state index in [1.54, 1.807) is 54.6 Å². The van der Waals surface area contributed by atoms with Crippen LogP contribution in [0.1, 0.15) is 11.1 Å². The van der Waals surface area contributed by atoms with E-state index in [2.05, 4.69) is 0 Å². The monoisotopic (exact) mass is 741 g/mol. The molecule has 9 unspecified atom stereocenters. The molecule has 2 aromatic carbocycles. The van der Waals surface area contributed by atoms with Crippen LogP contribution in [0, 0.1) is 6.92 Å². The zero-order valence-corrected chi connectivity index (χ0v) is 28.1. The van der Waals surface area contributed by atoms with Gasteiger partial charge in [0.25, 0.3) is 0 Å². The molecule has 3 saturated heterocycles. The molecule has 3 aliphatic rings. The number of ether oxygens (including phenoxy) is 7. The number of nitrogens with two attached hydrogens (primary N) is 1. The van der Waals surface area contributed by atoms with E-state index in [-0.39, 0.29) is 12.2 Å². The maximum Gasteiger partial charge on any atom is 0.333 e. The van der Waals surface area contributed by atoms with Crippen LogP contribution in [-0.2, 0) is 39.6 Å². The molecule has 16 atom stereocenters. The molecule has 0 saturated carbocycles.